The lowest BCUT2D eigenvalue weighted by Crippen LogP contribution is -2.12. The van der Waals surface area contributed by atoms with Crippen LogP contribution in [0.4, 0.5) is 23.0 Å². The molecule has 3 aromatic rings. The highest BCUT2D eigenvalue weighted by molar-refractivity contribution is 7.10. The lowest BCUT2D eigenvalue weighted by Gasteiger charge is -2.14. The molecular weight excluding hydrogens is 358 g/mol. The van der Waals surface area contributed by atoms with E-state index in [0.29, 0.717) is 5.82 Å². The molecule has 0 aliphatic carbocycles. The van der Waals surface area contributed by atoms with E-state index in [1.54, 1.807) is 17.4 Å². The van der Waals surface area contributed by atoms with Gasteiger partial charge in [-0.25, -0.2) is 9.97 Å². The SMILES string of the molecule is Cc1nc(Nc2ccc(NC(=O)/C=C/c3cccs3)cc2)cc(N(C)C)n1. The van der Waals surface area contributed by atoms with Crippen molar-refractivity contribution in [3.05, 3.63) is 64.6 Å². The fourth-order valence-electron chi connectivity index (χ4n) is 2.36. The van der Waals surface area contributed by atoms with E-state index in [0.717, 1.165) is 27.9 Å². The highest BCUT2D eigenvalue weighted by Gasteiger charge is 2.05. The van der Waals surface area contributed by atoms with Gasteiger partial charge in [-0.15, -0.1) is 11.3 Å². The second-order valence-electron chi connectivity index (χ2n) is 6.09. The Bertz CT molecular complexity index is 934. The predicted octanol–water partition coefficient (Wildman–Crippen LogP) is 4.31. The van der Waals surface area contributed by atoms with Crippen LogP contribution in [-0.2, 0) is 4.79 Å². The lowest BCUT2D eigenvalue weighted by atomic mass is 10.2. The van der Waals surface area contributed by atoms with Crippen LogP contribution in [0.15, 0.2) is 53.9 Å². The average molecular weight is 379 g/mol. The molecule has 27 heavy (non-hydrogen) atoms. The zero-order valence-corrected chi connectivity index (χ0v) is 16.2. The van der Waals surface area contributed by atoms with Gasteiger partial charge in [0.2, 0.25) is 5.91 Å². The van der Waals surface area contributed by atoms with Crippen molar-refractivity contribution in [2.75, 3.05) is 29.6 Å². The molecule has 138 valence electrons. The first-order valence-corrected chi connectivity index (χ1v) is 9.30. The number of carbonyl (C=O) groups excluding carboxylic acids is 1. The summed E-state index contributed by atoms with van der Waals surface area (Å²) in [6, 6.07) is 13.3. The van der Waals surface area contributed by atoms with Crippen molar-refractivity contribution < 1.29 is 4.79 Å². The summed E-state index contributed by atoms with van der Waals surface area (Å²) in [5.74, 6) is 2.10. The van der Waals surface area contributed by atoms with Crippen LogP contribution < -0.4 is 15.5 Å². The van der Waals surface area contributed by atoms with Crippen LogP contribution in [0.25, 0.3) is 6.08 Å². The average Bonchev–Trinajstić information content (AvgIpc) is 3.15. The number of nitrogens with one attached hydrogen (secondary N) is 2. The van der Waals surface area contributed by atoms with Gasteiger partial charge in [0.15, 0.2) is 0 Å². The molecule has 2 heterocycles. The Balaban J connectivity index is 1.63. The van der Waals surface area contributed by atoms with Crippen LogP contribution in [0.5, 0.6) is 0 Å². The Morgan fingerprint density at radius 2 is 1.85 bits per heavy atom. The van der Waals surface area contributed by atoms with Crippen molar-refractivity contribution in [2.24, 2.45) is 0 Å². The molecular formula is C20H21N5OS. The minimum Gasteiger partial charge on any atom is -0.363 e. The standard InChI is InChI=1S/C20H21N5OS/c1-14-21-18(13-19(22-14)25(2)3)23-15-6-8-16(9-7-15)24-20(26)11-10-17-5-4-12-27-17/h4-13H,1-3H3,(H,24,26)(H,21,22,23)/b11-10+. The number of rotatable bonds is 6. The maximum absolute atomic E-state index is 12.0. The van der Waals surface area contributed by atoms with Crippen molar-refractivity contribution in [1.29, 1.82) is 0 Å². The number of nitrogens with zero attached hydrogens (tertiary/aromatic N) is 3. The molecule has 0 saturated heterocycles. The van der Waals surface area contributed by atoms with Gasteiger partial charge in [0.1, 0.15) is 17.5 Å². The van der Waals surface area contributed by atoms with E-state index in [1.165, 1.54) is 6.08 Å². The lowest BCUT2D eigenvalue weighted by molar-refractivity contribution is -0.111. The summed E-state index contributed by atoms with van der Waals surface area (Å²) in [7, 11) is 3.88. The van der Waals surface area contributed by atoms with E-state index in [4.69, 9.17) is 0 Å². The maximum Gasteiger partial charge on any atom is 0.248 e. The van der Waals surface area contributed by atoms with Gasteiger partial charge in [0, 0.05) is 42.5 Å². The third kappa shape index (κ3) is 5.39. The second-order valence-corrected chi connectivity index (χ2v) is 7.07. The van der Waals surface area contributed by atoms with Crippen LogP contribution in [0, 0.1) is 6.92 Å². The van der Waals surface area contributed by atoms with Gasteiger partial charge < -0.3 is 15.5 Å². The molecule has 0 unspecified atom stereocenters. The molecule has 0 saturated carbocycles. The van der Waals surface area contributed by atoms with Crippen molar-refractivity contribution in [3.8, 4) is 0 Å². The van der Waals surface area contributed by atoms with Gasteiger partial charge >= 0.3 is 0 Å². The Morgan fingerprint density at radius 1 is 1.11 bits per heavy atom. The summed E-state index contributed by atoms with van der Waals surface area (Å²) in [6.45, 7) is 1.86. The summed E-state index contributed by atoms with van der Waals surface area (Å²) in [4.78, 5) is 23.8. The van der Waals surface area contributed by atoms with E-state index in [9.17, 15) is 4.79 Å². The van der Waals surface area contributed by atoms with E-state index in [2.05, 4.69) is 20.6 Å². The molecule has 0 spiro atoms. The highest BCUT2D eigenvalue weighted by Crippen LogP contribution is 2.20. The fourth-order valence-corrected chi connectivity index (χ4v) is 2.98. The summed E-state index contributed by atoms with van der Waals surface area (Å²) in [5.41, 5.74) is 1.61. The van der Waals surface area contributed by atoms with E-state index in [-0.39, 0.29) is 5.91 Å². The summed E-state index contributed by atoms with van der Waals surface area (Å²) >= 11 is 1.59. The smallest absolute Gasteiger partial charge is 0.248 e. The first kappa shape index (κ1) is 18.6. The number of thiophene rings is 1. The van der Waals surface area contributed by atoms with Gasteiger partial charge in [-0.2, -0.15) is 0 Å². The molecule has 0 atom stereocenters. The summed E-state index contributed by atoms with van der Waals surface area (Å²) < 4.78 is 0. The number of amides is 1. The molecule has 3 rings (SSSR count). The van der Waals surface area contributed by atoms with Crippen LogP contribution >= 0.6 is 11.3 Å². The van der Waals surface area contributed by atoms with E-state index in [1.807, 2.05) is 73.8 Å². The zero-order chi connectivity index (χ0) is 19.2. The van der Waals surface area contributed by atoms with Crippen molar-refractivity contribution in [1.82, 2.24) is 9.97 Å². The third-order valence-corrected chi connectivity index (χ3v) is 4.49. The van der Waals surface area contributed by atoms with Crippen LogP contribution in [0.3, 0.4) is 0 Å². The number of anilines is 4. The number of benzene rings is 1. The largest absolute Gasteiger partial charge is 0.363 e. The molecule has 7 heteroatoms. The minimum absolute atomic E-state index is 0.161. The van der Waals surface area contributed by atoms with E-state index >= 15 is 0 Å². The summed E-state index contributed by atoms with van der Waals surface area (Å²) in [5, 5.41) is 8.08. The van der Waals surface area contributed by atoms with Crippen LogP contribution in [0.1, 0.15) is 10.7 Å². The molecule has 1 amide bonds. The Labute approximate surface area is 162 Å². The molecule has 0 bridgehead atoms. The van der Waals surface area contributed by atoms with Crippen molar-refractivity contribution in [2.45, 2.75) is 6.92 Å². The normalized spacial score (nSPS) is 10.8. The Hall–Kier alpha value is -3.19. The Morgan fingerprint density at radius 3 is 2.52 bits per heavy atom. The van der Waals surface area contributed by atoms with Crippen molar-refractivity contribution in [3.63, 3.8) is 0 Å². The number of carbonyl (C=O) groups is 1. The van der Waals surface area contributed by atoms with Crippen LogP contribution in [-0.4, -0.2) is 30.0 Å². The molecule has 1 aromatic carbocycles. The highest BCUT2D eigenvalue weighted by atomic mass is 32.1. The molecule has 6 nitrogen and oxygen atoms in total. The summed E-state index contributed by atoms with van der Waals surface area (Å²) in [6.07, 6.45) is 3.33. The monoisotopic (exact) mass is 379 g/mol. The quantitative estimate of drug-likeness (QED) is 0.625. The molecule has 2 N–H and O–H groups in total. The molecule has 0 aliphatic heterocycles. The molecule has 0 radical (unpaired) electrons. The second kappa shape index (κ2) is 8.46. The first-order valence-electron chi connectivity index (χ1n) is 8.42. The zero-order valence-electron chi connectivity index (χ0n) is 15.4. The molecule has 2 aromatic heterocycles. The first-order chi connectivity index (χ1) is 13.0. The number of aryl methyl sites for hydroxylation is 1. The molecule has 0 aliphatic rings. The van der Waals surface area contributed by atoms with Crippen LogP contribution in [0.2, 0.25) is 0 Å². The van der Waals surface area contributed by atoms with E-state index < -0.39 is 0 Å². The van der Waals surface area contributed by atoms with Gasteiger partial charge in [0.05, 0.1) is 0 Å². The maximum atomic E-state index is 12.0. The van der Waals surface area contributed by atoms with Crippen molar-refractivity contribution >= 4 is 46.3 Å². The Kier molecular flexibility index (Phi) is 5.83. The number of aromatic nitrogens is 2. The minimum atomic E-state index is -0.161. The van der Waals surface area contributed by atoms with Gasteiger partial charge in [-0.05, 0) is 48.7 Å². The number of hydrogen-bond donors (Lipinski definition) is 2. The van der Waals surface area contributed by atoms with Gasteiger partial charge in [-0.1, -0.05) is 6.07 Å². The van der Waals surface area contributed by atoms with Gasteiger partial charge in [0.25, 0.3) is 0 Å². The predicted molar refractivity (Wildman–Crippen MR) is 113 cm³/mol. The molecule has 0 fully saturated rings. The third-order valence-electron chi connectivity index (χ3n) is 3.65. The number of hydrogen-bond acceptors (Lipinski definition) is 6. The van der Waals surface area contributed by atoms with Gasteiger partial charge in [-0.3, -0.25) is 4.79 Å². The topological polar surface area (TPSA) is 70.2 Å². The fraction of sp³-hybridized carbons (Fsp3) is 0.150.